The van der Waals surface area contributed by atoms with E-state index < -0.39 is 5.97 Å². The number of halogens is 1. The maximum atomic E-state index is 11.1. The molecule has 0 radical (unpaired) electrons. The molecule has 2 rings (SSSR count). The van der Waals surface area contributed by atoms with E-state index in [1.165, 1.54) is 11.5 Å². The zero-order chi connectivity index (χ0) is 20.8. The fraction of sp³-hybridized carbons (Fsp3) is 0.550. The Morgan fingerprint density at radius 3 is 2.36 bits per heavy atom. The summed E-state index contributed by atoms with van der Waals surface area (Å²) in [4.78, 5) is 17.7. The van der Waals surface area contributed by atoms with E-state index in [1.54, 1.807) is 0 Å². The molecule has 0 spiro atoms. The van der Waals surface area contributed by atoms with Crippen molar-refractivity contribution in [3.63, 3.8) is 0 Å². The predicted octanol–water partition coefficient (Wildman–Crippen LogP) is 5.63. The first-order valence-electron chi connectivity index (χ1n) is 9.52. The molecule has 1 heterocycles. The third-order valence-electron chi connectivity index (χ3n) is 4.23. The van der Waals surface area contributed by atoms with Crippen LogP contribution in [0.4, 0.5) is 16.5 Å². The molecule has 1 aromatic heterocycles. The molecule has 0 aliphatic heterocycles. The lowest BCUT2D eigenvalue weighted by Gasteiger charge is -2.31. The summed E-state index contributed by atoms with van der Waals surface area (Å²) in [5, 5.41) is 13.3. The average Bonchev–Trinajstić information content (AvgIpc) is 2.97. The van der Waals surface area contributed by atoms with Gasteiger partial charge in [-0.3, -0.25) is 4.79 Å². The summed E-state index contributed by atoms with van der Waals surface area (Å²) in [5.41, 5.74) is 2.93. The topological polar surface area (TPSA) is 78.4 Å². The lowest BCUT2D eigenvalue weighted by Crippen LogP contribution is -2.31. The van der Waals surface area contributed by atoms with Crippen LogP contribution in [0, 0.1) is 11.8 Å². The number of carbonyl (C=O) groups is 1. The number of anilines is 3. The van der Waals surface area contributed by atoms with Gasteiger partial charge < -0.3 is 15.3 Å². The van der Waals surface area contributed by atoms with Crippen LogP contribution in [-0.2, 0) is 4.79 Å². The predicted molar refractivity (Wildman–Crippen MR) is 117 cm³/mol. The van der Waals surface area contributed by atoms with Gasteiger partial charge in [-0.25, -0.2) is 0 Å². The first kappa shape index (κ1) is 22.4. The lowest BCUT2D eigenvalue weighted by molar-refractivity contribution is -0.137. The standard InChI is InChI=1S/C20H29ClN4O2S/c1-12(2)10-25(11-13(3)4)17-7-6-15(14(5)8-18(26)27)9-16(17)22-20-23-19(21)24-28-20/h6-7,9,12-14H,8,10-11H2,1-5H3,(H,26,27)(H,22,23,24)/t14-/m1/s1. The number of hydrogen-bond acceptors (Lipinski definition) is 6. The van der Waals surface area contributed by atoms with Gasteiger partial charge in [0.25, 0.3) is 0 Å². The molecule has 154 valence electrons. The summed E-state index contributed by atoms with van der Waals surface area (Å²) in [5.74, 6) is 0.123. The van der Waals surface area contributed by atoms with Crippen molar-refractivity contribution in [2.45, 2.75) is 47.0 Å². The second-order valence-corrected chi connectivity index (χ2v) is 9.05. The molecule has 0 aliphatic carbocycles. The monoisotopic (exact) mass is 424 g/mol. The second-order valence-electron chi connectivity index (χ2n) is 7.96. The first-order chi connectivity index (χ1) is 13.2. The molecule has 0 saturated carbocycles. The first-order valence-corrected chi connectivity index (χ1v) is 10.7. The van der Waals surface area contributed by atoms with Crippen molar-refractivity contribution >= 4 is 45.6 Å². The maximum Gasteiger partial charge on any atom is 0.303 e. The van der Waals surface area contributed by atoms with Crippen LogP contribution in [0.1, 0.15) is 52.5 Å². The van der Waals surface area contributed by atoms with Gasteiger partial charge in [0.2, 0.25) is 10.4 Å². The summed E-state index contributed by atoms with van der Waals surface area (Å²) in [6.07, 6.45) is 0.0884. The Kier molecular flexibility index (Phi) is 8.07. The van der Waals surface area contributed by atoms with E-state index in [0.29, 0.717) is 17.0 Å². The molecule has 1 aromatic carbocycles. The third kappa shape index (κ3) is 6.63. The number of hydrogen-bond donors (Lipinski definition) is 2. The third-order valence-corrected chi connectivity index (χ3v) is 5.12. The van der Waals surface area contributed by atoms with Gasteiger partial charge in [-0.05, 0) is 47.1 Å². The van der Waals surface area contributed by atoms with Gasteiger partial charge in [-0.15, -0.1) is 0 Å². The number of rotatable bonds is 10. The van der Waals surface area contributed by atoms with E-state index in [9.17, 15) is 4.79 Å². The molecule has 1 atom stereocenters. The zero-order valence-corrected chi connectivity index (χ0v) is 18.6. The fourth-order valence-electron chi connectivity index (χ4n) is 3.14. The Labute approximate surface area is 176 Å². The van der Waals surface area contributed by atoms with Gasteiger partial charge in [0, 0.05) is 24.6 Å². The van der Waals surface area contributed by atoms with Crippen LogP contribution in [0.15, 0.2) is 18.2 Å². The maximum absolute atomic E-state index is 11.1. The summed E-state index contributed by atoms with van der Waals surface area (Å²) >= 11 is 7.08. The molecule has 0 saturated heterocycles. The van der Waals surface area contributed by atoms with Crippen molar-refractivity contribution in [1.82, 2.24) is 9.36 Å². The minimum Gasteiger partial charge on any atom is -0.481 e. The van der Waals surface area contributed by atoms with Crippen molar-refractivity contribution in [1.29, 1.82) is 0 Å². The molecule has 6 nitrogen and oxygen atoms in total. The van der Waals surface area contributed by atoms with Gasteiger partial charge in [0.1, 0.15) is 0 Å². The van der Waals surface area contributed by atoms with Gasteiger partial charge in [0.15, 0.2) is 0 Å². The van der Waals surface area contributed by atoms with Crippen LogP contribution in [0.25, 0.3) is 0 Å². The van der Waals surface area contributed by atoms with E-state index in [0.717, 1.165) is 30.0 Å². The number of carboxylic acids is 1. The van der Waals surface area contributed by atoms with Gasteiger partial charge >= 0.3 is 5.97 Å². The number of carboxylic acid groups (broad SMARTS) is 1. The molecule has 8 heteroatoms. The van der Waals surface area contributed by atoms with Crippen molar-refractivity contribution < 1.29 is 9.90 Å². The summed E-state index contributed by atoms with van der Waals surface area (Å²) < 4.78 is 4.02. The average molecular weight is 425 g/mol. The quantitative estimate of drug-likeness (QED) is 0.514. The van der Waals surface area contributed by atoms with Crippen molar-refractivity contribution in [3.05, 3.63) is 29.0 Å². The highest BCUT2D eigenvalue weighted by atomic mass is 35.5. The van der Waals surface area contributed by atoms with Crippen LogP contribution in [0.3, 0.4) is 0 Å². The molecule has 2 N–H and O–H groups in total. The summed E-state index contributed by atoms with van der Waals surface area (Å²) in [6, 6.07) is 6.12. The van der Waals surface area contributed by atoms with Crippen LogP contribution in [0.2, 0.25) is 5.28 Å². The molecule has 28 heavy (non-hydrogen) atoms. The van der Waals surface area contributed by atoms with Gasteiger partial charge in [-0.1, -0.05) is 40.7 Å². The van der Waals surface area contributed by atoms with E-state index in [4.69, 9.17) is 16.7 Å². The highest BCUT2D eigenvalue weighted by Gasteiger charge is 2.18. The van der Waals surface area contributed by atoms with Crippen LogP contribution < -0.4 is 10.2 Å². The highest BCUT2D eigenvalue weighted by molar-refractivity contribution is 7.10. The van der Waals surface area contributed by atoms with E-state index in [1.807, 2.05) is 19.1 Å². The Morgan fingerprint density at radius 1 is 1.21 bits per heavy atom. The number of aromatic nitrogens is 2. The SMILES string of the molecule is CC(C)CN(CC(C)C)c1ccc([C@H](C)CC(=O)O)cc1Nc1nc(Cl)ns1. The van der Waals surface area contributed by atoms with E-state index >= 15 is 0 Å². The molecule has 0 fully saturated rings. The highest BCUT2D eigenvalue weighted by Crippen LogP contribution is 2.34. The number of aliphatic carboxylic acids is 1. The van der Waals surface area contributed by atoms with Crippen LogP contribution in [0.5, 0.6) is 0 Å². The molecule has 0 amide bonds. The molecule has 0 unspecified atom stereocenters. The van der Waals surface area contributed by atoms with E-state index in [-0.39, 0.29) is 17.6 Å². The molecule has 2 aromatic rings. The number of benzene rings is 1. The Balaban J connectivity index is 2.44. The van der Waals surface area contributed by atoms with Crippen molar-refractivity contribution in [2.24, 2.45) is 11.8 Å². The largest absolute Gasteiger partial charge is 0.481 e. The minimum absolute atomic E-state index is 0.0884. The fourth-order valence-corrected chi connectivity index (χ4v) is 3.86. The Morgan fingerprint density at radius 2 is 1.86 bits per heavy atom. The number of nitrogens with zero attached hydrogens (tertiary/aromatic N) is 3. The summed E-state index contributed by atoms with van der Waals surface area (Å²) in [7, 11) is 0. The van der Waals surface area contributed by atoms with Gasteiger partial charge in [0.05, 0.1) is 17.8 Å². The van der Waals surface area contributed by atoms with Crippen LogP contribution in [-0.4, -0.2) is 33.5 Å². The summed E-state index contributed by atoms with van der Waals surface area (Å²) in [6.45, 7) is 12.6. The Hall–Kier alpha value is -1.86. The van der Waals surface area contributed by atoms with Crippen LogP contribution >= 0.6 is 23.1 Å². The Bertz CT molecular complexity index is 784. The second kappa shape index (κ2) is 10.1. The smallest absolute Gasteiger partial charge is 0.303 e. The lowest BCUT2D eigenvalue weighted by atomic mass is 9.96. The van der Waals surface area contributed by atoms with Gasteiger partial charge in [-0.2, -0.15) is 9.36 Å². The number of nitrogens with one attached hydrogen (secondary N) is 1. The minimum atomic E-state index is -0.803. The van der Waals surface area contributed by atoms with Crippen molar-refractivity contribution in [3.8, 4) is 0 Å². The van der Waals surface area contributed by atoms with E-state index in [2.05, 4.69) is 53.3 Å². The molecule has 0 aliphatic rings. The molecular weight excluding hydrogens is 396 g/mol. The molecule has 0 bridgehead atoms. The molecular formula is C20H29ClN4O2S. The normalized spacial score (nSPS) is 12.4. The van der Waals surface area contributed by atoms with Crippen molar-refractivity contribution in [2.75, 3.05) is 23.3 Å². The zero-order valence-electron chi connectivity index (χ0n) is 17.1.